The predicted octanol–water partition coefficient (Wildman–Crippen LogP) is 4.71. The fourth-order valence-corrected chi connectivity index (χ4v) is 3.97. The normalized spacial score (nSPS) is 19.2. The number of likely N-dealkylation sites (tertiary alicyclic amines) is 1. The smallest absolute Gasteiger partial charge is 0.193 e. The molecular formula is C22H38IN3O2. The summed E-state index contributed by atoms with van der Waals surface area (Å²) in [5.41, 5.74) is 0. The van der Waals surface area contributed by atoms with Crippen LogP contribution in [0.2, 0.25) is 0 Å². The first kappa shape index (κ1) is 23.5. The van der Waals surface area contributed by atoms with Gasteiger partial charge < -0.3 is 19.4 Å². The van der Waals surface area contributed by atoms with Crippen LogP contribution in [0.25, 0.3) is 0 Å². The Bertz CT molecular complexity index is 548. The first-order chi connectivity index (χ1) is 13.2. The molecule has 1 aliphatic heterocycles. The fraction of sp³-hybridized carbons (Fsp3) is 0.773. The molecule has 1 saturated carbocycles. The number of aliphatic imine (C=N–C) groups is 1. The minimum atomic E-state index is 0. The Balaban J connectivity index is 0.00000280. The van der Waals surface area contributed by atoms with Crippen molar-refractivity contribution in [3.63, 3.8) is 0 Å². The number of guanidine groups is 1. The van der Waals surface area contributed by atoms with Crippen molar-refractivity contribution in [2.75, 3.05) is 32.8 Å². The van der Waals surface area contributed by atoms with Gasteiger partial charge in [0.15, 0.2) is 5.96 Å². The van der Waals surface area contributed by atoms with Crippen LogP contribution in [0.4, 0.5) is 0 Å². The van der Waals surface area contributed by atoms with Crippen LogP contribution in [0.15, 0.2) is 27.8 Å². The molecule has 0 unspecified atom stereocenters. The van der Waals surface area contributed by atoms with Crippen molar-refractivity contribution >= 4 is 29.9 Å². The number of nitrogens with one attached hydrogen (secondary N) is 1. The molecule has 0 radical (unpaired) electrons. The number of halogens is 1. The first-order valence-electron chi connectivity index (χ1n) is 10.9. The molecule has 1 aliphatic carbocycles. The number of hydrogen-bond donors (Lipinski definition) is 1. The molecule has 2 heterocycles. The van der Waals surface area contributed by atoms with Crippen LogP contribution in [0.1, 0.15) is 58.1 Å². The van der Waals surface area contributed by atoms with Crippen molar-refractivity contribution in [3.05, 3.63) is 24.2 Å². The summed E-state index contributed by atoms with van der Waals surface area (Å²) in [7, 11) is 0. The van der Waals surface area contributed by atoms with Gasteiger partial charge in [0.1, 0.15) is 5.76 Å². The summed E-state index contributed by atoms with van der Waals surface area (Å²) < 4.78 is 11.7. The standard InChI is InChI=1S/C22H37N3O2.HI/c1-18(2)16-24-22(23-12-9-20-8-5-15-26-20)25-13-10-21(11-14-25)27-17-19-6-3-4-7-19;/h5,8,15,18-19,21H,3-4,6-7,9-14,16-17H2,1-2H3,(H,23,24);1H. The van der Waals surface area contributed by atoms with Gasteiger partial charge in [-0.05, 0) is 49.7 Å². The topological polar surface area (TPSA) is 50.0 Å². The zero-order valence-corrected chi connectivity index (χ0v) is 19.9. The lowest BCUT2D eigenvalue weighted by atomic mass is 10.1. The third-order valence-corrected chi connectivity index (χ3v) is 5.62. The molecule has 0 atom stereocenters. The van der Waals surface area contributed by atoms with Gasteiger partial charge in [-0.3, -0.25) is 4.99 Å². The average Bonchev–Trinajstić information content (AvgIpc) is 3.37. The third-order valence-electron chi connectivity index (χ3n) is 5.62. The molecule has 2 aliphatic rings. The Morgan fingerprint density at radius 2 is 2.00 bits per heavy atom. The van der Waals surface area contributed by atoms with Crippen LogP contribution >= 0.6 is 24.0 Å². The van der Waals surface area contributed by atoms with Gasteiger partial charge in [-0.25, -0.2) is 0 Å². The van der Waals surface area contributed by atoms with Gasteiger partial charge in [-0.1, -0.05) is 26.7 Å². The van der Waals surface area contributed by atoms with E-state index >= 15 is 0 Å². The van der Waals surface area contributed by atoms with Crippen molar-refractivity contribution < 1.29 is 9.15 Å². The van der Waals surface area contributed by atoms with Crippen molar-refractivity contribution in [1.82, 2.24) is 10.2 Å². The van der Waals surface area contributed by atoms with E-state index in [1.807, 2.05) is 12.1 Å². The van der Waals surface area contributed by atoms with E-state index in [0.29, 0.717) is 12.0 Å². The Labute approximate surface area is 187 Å². The largest absolute Gasteiger partial charge is 0.469 e. The Morgan fingerprint density at radius 1 is 1.25 bits per heavy atom. The quantitative estimate of drug-likeness (QED) is 0.317. The van der Waals surface area contributed by atoms with Gasteiger partial charge >= 0.3 is 0 Å². The molecule has 1 aromatic heterocycles. The van der Waals surface area contributed by atoms with Gasteiger partial charge in [0.25, 0.3) is 0 Å². The lowest BCUT2D eigenvalue weighted by Crippen LogP contribution is -2.47. The number of furan rings is 1. The summed E-state index contributed by atoms with van der Waals surface area (Å²) in [6.45, 7) is 9.17. The maximum absolute atomic E-state index is 6.22. The number of nitrogens with zero attached hydrogens (tertiary/aromatic N) is 2. The molecule has 0 aromatic carbocycles. The van der Waals surface area contributed by atoms with Gasteiger partial charge in [0.05, 0.1) is 12.4 Å². The van der Waals surface area contributed by atoms with Gasteiger partial charge in [0, 0.05) is 39.2 Å². The van der Waals surface area contributed by atoms with E-state index in [0.717, 1.165) is 69.7 Å². The monoisotopic (exact) mass is 503 g/mol. The molecule has 0 spiro atoms. The predicted molar refractivity (Wildman–Crippen MR) is 125 cm³/mol. The second-order valence-electron chi connectivity index (χ2n) is 8.48. The molecule has 6 heteroatoms. The van der Waals surface area contributed by atoms with Gasteiger partial charge in [0.2, 0.25) is 0 Å². The summed E-state index contributed by atoms with van der Waals surface area (Å²) in [6.07, 6.45) is 10.8. The Kier molecular flexibility index (Phi) is 10.7. The van der Waals surface area contributed by atoms with Crippen LogP contribution in [0, 0.1) is 11.8 Å². The van der Waals surface area contributed by atoms with Crippen molar-refractivity contribution in [2.45, 2.75) is 64.9 Å². The van der Waals surface area contributed by atoms with Crippen LogP contribution < -0.4 is 5.32 Å². The summed E-state index contributed by atoms with van der Waals surface area (Å²) in [6, 6.07) is 3.97. The molecule has 3 rings (SSSR count). The second kappa shape index (κ2) is 12.7. The molecule has 1 aromatic rings. The zero-order chi connectivity index (χ0) is 18.9. The molecule has 0 amide bonds. The minimum Gasteiger partial charge on any atom is -0.469 e. The molecule has 1 saturated heterocycles. The Hall–Kier alpha value is -0.760. The highest BCUT2D eigenvalue weighted by Gasteiger charge is 2.24. The third kappa shape index (κ3) is 7.93. The molecule has 28 heavy (non-hydrogen) atoms. The molecule has 160 valence electrons. The van der Waals surface area contributed by atoms with E-state index in [-0.39, 0.29) is 24.0 Å². The lowest BCUT2D eigenvalue weighted by Gasteiger charge is -2.34. The highest BCUT2D eigenvalue weighted by Crippen LogP contribution is 2.26. The Morgan fingerprint density at radius 3 is 2.64 bits per heavy atom. The SMILES string of the molecule is CC(C)CN=C(NCCc1ccco1)N1CCC(OCC2CCCC2)CC1.I. The fourth-order valence-electron chi connectivity index (χ4n) is 3.97. The van der Waals surface area contributed by atoms with Crippen molar-refractivity contribution in [3.8, 4) is 0 Å². The highest BCUT2D eigenvalue weighted by atomic mass is 127. The first-order valence-corrected chi connectivity index (χ1v) is 10.9. The average molecular weight is 503 g/mol. The number of piperidine rings is 1. The maximum Gasteiger partial charge on any atom is 0.193 e. The second-order valence-corrected chi connectivity index (χ2v) is 8.48. The van der Waals surface area contributed by atoms with E-state index in [4.69, 9.17) is 14.1 Å². The summed E-state index contributed by atoms with van der Waals surface area (Å²) in [4.78, 5) is 7.26. The van der Waals surface area contributed by atoms with Crippen LogP contribution in [0.3, 0.4) is 0 Å². The van der Waals surface area contributed by atoms with Crippen LogP contribution in [-0.4, -0.2) is 49.7 Å². The number of ether oxygens (including phenoxy) is 1. The van der Waals surface area contributed by atoms with Crippen LogP contribution in [-0.2, 0) is 11.2 Å². The molecule has 1 N–H and O–H groups in total. The van der Waals surface area contributed by atoms with Crippen molar-refractivity contribution in [2.24, 2.45) is 16.8 Å². The van der Waals surface area contributed by atoms with E-state index in [1.165, 1.54) is 25.7 Å². The lowest BCUT2D eigenvalue weighted by molar-refractivity contribution is 0.000999. The molecule has 0 bridgehead atoms. The molecule has 2 fully saturated rings. The van der Waals surface area contributed by atoms with E-state index < -0.39 is 0 Å². The minimum absolute atomic E-state index is 0. The number of hydrogen-bond acceptors (Lipinski definition) is 3. The van der Waals surface area contributed by atoms with Gasteiger partial charge in [-0.15, -0.1) is 24.0 Å². The maximum atomic E-state index is 6.22. The summed E-state index contributed by atoms with van der Waals surface area (Å²) in [5, 5.41) is 3.55. The van der Waals surface area contributed by atoms with E-state index in [9.17, 15) is 0 Å². The van der Waals surface area contributed by atoms with Gasteiger partial charge in [-0.2, -0.15) is 0 Å². The highest BCUT2D eigenvalue weighted by molar-refractivity contribution is 14.0. The van der Waals surface area contributed by atoms with E-state index in [2.05, 4.69) is 24.1 Å². The van der Waals surface area contributed by atoms with Crippen molar-refractivity contribution in [1.29, 1.82) is 0 Å². The number of rotatable bonds is 8. The summed E-state index contributed by atoms with van der Waals surface area (Å²) >= 11 is 0. The zero-order valence-electron chi connectivity index (χ0n) is 17.6. The molecule has 5 nitrogen and oxygen atoms in total. The molecular weight excluding hydrogens is 465 g/mol. The van der Waals surface area contributed by atoms with E-state index in [1.54, 1.807) is 6.26 Å². The summed E-state index contributed by atoms with van der Waals surface area (Å²) in [5.74, 6) is 3.45. The van der Waals surface area contributed by atoms with Crippen LogP contribution in [0.5, 0.6) is 0 Å².